The Bertz CT molecular complexity index is 1420. The number of nitrogens with zero attached hydrogens (tertiary/aromatic N) is 2. The second-order valence-corrected chi connectivity index (χ2v) is 12.3. The highest BCUT2D eigenvalue weighted by atomic mass is 32.2. The van der Waals surface area contributed by atoms with Gasteiger partial charge in [-0.15, -0.1) is 11.8 Å². The summed E-state index contributed by atoms with van der Waals surface area (Å²) in [6, 6.07) is 8.31. The largest absolute Gasteiger partial charge is 0.358 e. The summed E-state index contributed by atoms with van der Waals surface area (Å²) < 4.78 is 32.9. The lowest BCUT2D eigenvalue weighted by Crippen LogP contribution is -2.26. The Kier molecular flexibility index (Phi) is 7.80. The number of rotatable bonds is 5. The van der Waals surface area contributed by atoms with Gasteiger partial charge in [0.15, 0.2) is 0 Å². The van der Waals surface area contributed by atoms with Gasteiger partial charge in [0.25, 0.3) is 0 Å². The minimum atomic E-state index is -4.15. The van der Waals surface area contributed by atoms with Crippen LogP contribution in [0.25, 0.3) is 0 Å². The quantitative estimate of drug-likeness (QED) is 0.314. The van der Waals surface area contributed by atoms with Gasteiger partial charge in [-0.25, -0.2) is 4.68 Å². The summed E-state index contributed by atoms with van der Waals surface area (Å²) >= 11 is 1.83. The zero-order valence-corrected chi connectivity index (χ0v) is 23.1. The smallest absolute Gasteiger partial charge is 0.340 e. The van der Waals surface area contributed by atoms with E-state index in [9.17, 15) is 13.2 Å². The molecule has 0 saturated heterocycles. The number of fused-ring (bicyclic) bond motifs is 1. The molecule has 192 valence electrons. The number of hydrogen-bond donors (Lipinski definition) is 0. The SMILES string of the molecule is Cc1ccc(S(=O)(=O)Oc2c(C(=O)c3cc(C)c4c(c3C)C(C)(C)CCS4)c(C)nn2C)cc1.O=O. The minimum Gasteiger partial charge on any atom is -0.358 e. The Morgan fingerprint density at radius 3 is 2.31 bits per heavy atom. The van der Waals surface area contributed by atoms with E-state index in [1.54, 1.807) is 26.1 Å². The average Bonchev–Trinajstić information content (AvgIpc) is 3.08. The number of thioether (sulfide) groups is 1. The van der Waals surface area contributed by atoms with Gasteiger partial charge in [0, 0.05) is 27.4 Å². The molecule has 2 heterocycles. The number of ketones is 1. The van der Waals surface area contributed by atoms with Crippen molar-refractivity contribution in [1.29, 1.82) is 0 Å². The number of aryl methyl sites for hydroxylation is 4. The van der Waals surface area contributed by atoms with Crippen molar-refractivity contribution in [2.45, 2.75) is 63.2 Å². The topological polar surface area (TPSA) is 112 Å². The first-order valence-corrected chi connectivity index (χ1v) is 13.8. The minimum absolute atomic E-state index is 0.0231. The third kappa shape index (κ3) is 4.97. The molecule has 1 aromatic heterocycles. The molecule has 0 unspecified atom stereocenters. The fourth-order valence-corrected chi connectivity index (χ4v) is 7.29. The highest BCUT2D eigenvalue weighted by molar-refractivity contribution is 7.99. The highest BCUT2D eigenvalue weighted by Gasteiger charge is 2.34. The summed E-state index contributed by atoms with van der Waals surface area (Å²) in [5.74, 6) is 0.686. The van der Waals surface area contributed by atoms with Gasteiger partial charge in [0.2, 0.25) is 11.7 Å². The maximum atomic E-state index is 13.9. The summed E-state index contributed by atoms with van der Waals surface area (Å²) in [5, 5.41) is 4.32. The van der Waals surface area contributed by atoms with E-state index in [-0.39, 0.29) is 27.5 Å². The van der Waals surface area contributed by atoms with Gasteiger partial charge >= 0.3 is 10.1 Å². The van der Waals surface area contributed by atoms with Gasteiger partial charge in [-0.1, -0.05) is 31.5 Å². The number of aromatic nitrogens is 2. The van der Waals surface area contributed by atoms with Crippen LogP contribution in [0, 0.1) is 37.6 Å². The molecule has 8 nitrogen and oxygen atoms in total. The Morgan fingerprint density at radius 2 is 1.69 bits per heavy atom. The first-order chi connectivity index (χ1) is 16.8. The van der Waals surface area contributed by atoms with Crippen molar-refractivity contribution >= 4 is 27.7 Å². The normalized spacial score (nSPS) is 14.4. The van der Waals surface area contributed by atoms with E-state index in [1.807, 2.05) is 38.6 Å². The van der Waals surface area contributed by atoms with Crippen LogP contribution in [0.2, 0.25) is 0 Å². The van der Waals surface area contributed by atoms with E-state index < -0.39 is 10.1 Å². The third-order valence-corrected chi connectivity index (χ3v) is 8.96. The van der Waals surface area contributed by atoms with Crippen LogP contribution in [-0.4, -0.2) is 29.7 Å². The Labute approximate surface area is 215 Å². The second-order valence-electron chi connectivity index (χ2n) is 9.62. The van der Waals surface area contributed by atoms with Crippen LogP contribution in [0.1, 0.15) is 64.1 Å². The molecule has 1 aliphatic heterocycles. The van der Waals surface area contributed by atoms with Crippen LogP contribution in [0.4, 0.5) is 0 Å². The highest BCUT2D eigenvalue weighted by Crippen LogP contribution is 2.46. The summed E-state index contributed by atoms with van der Waals surface area (Å²) in [6.45, 7) is 12.0. The summed E-state index contributed by atoms with van der Waals surface area (Å²) in [5.41, 5.74) is 5.21. The van der Waals surface area contributed by atoms with Crippen LogP contribution < -0.4 is 4.18 Å². The molecule has 1 aliphatic rings. The third-order valence-electron chi connectivity index (χ3n) is 6.51. The first kappa shape index (κ1) is 27.6. The van der Waals surface area contributed by atoms with Crippen molar-refractivity contribution in [1.82, 2.24) is 9.78 Å². The molecule has 0 bridgehead atoms. The summed E-state index contributed by atoms with van der Waals surface area (Å²) in [6.07, 6.45) is 1.03. The molecular weight excluding hydrogens is 500 g/mol. The van der Waals surface area contributed by atoms with E-state index in [2.05, 4.69) is 18.9 Å². The van der Waals surface area contributed by atoms with Crippen molar-refractivity contribution in [2.75, 3.05) is 5.75 Å². The Hall–Kier alpha value is -2.98. The van der Waals surface area contributed by atoms with Crippen molar-refractivity contribution < 1.29 is 17.4 Å². The first-order valence-electron chi connectivity index (χ1n) is 11.4. The molecule has 0 radical (unpaired) electrons. The van der Waals surface area contributed by atoms with E-state index >= 15 is 0 Å². The van der Waals surface area contributed by atoms with Crippen LogP contribution >= 0.6 is 11.8 Å². The lowest BCUT2D eigenvalue weighted by atomic mass is 9.76. The molecule has 0 atom stereocenters. The standard InChI is InChI=1S/C26H30N2O4S2.O2/c1-15-8-10-19(11-9-15)34(30,31)32-25-21(18(4)27-28(25)7)23(29)20-14-16(2)24-22(17(20)3)26(5,6)12-13-33-24;1-2/h8-11,14H,12-13H2,1-7H3;. The number of hydrogen-bond acceptors (Lipinski definition) is 8. The molecule has 3 aromatic rings. The summed E-state index contributed by atoms with van der Waals surface area (Å²) in [4.78, 5) is 29.2. The Morgan fingerprint density at radius 1 is 1.08 bits per heavy atom. The molecular formula is C26H30N2O6S2. The van der Waals surface area contributed by atoms with Gasteiger partial charge < -0.3 is 4.18 Å². The van der Waals surface area contributed by atoms with Crippen molar-refractivity contribution in [2.24, 2.45) is 7.05 Å². The fraction of sp³-hybridized carbons (Fsp3) is 0.385. The molecule has 0 N–H and O–H groups in total. The monoisotopic (exact) mass is 530 g/mol. The zero-order valence-electron chi connectivity index (χ0n) is 21.5. The van der Waals surface area contributed by atoms with Gasteiger partial charge in [-0.05, 0) is 80.2 Å². The van der Waals surface area contributed by atoms with Gasteiger partial charge in [-0.3, -0.25) is 4.79 Å². The molecule has 2 aromatic carbocycles. The second kappa shape index (κ2) is 10.2. The lowest BCUT2D eigenvalue weighted by Gasteiger charge is -2.35. The van der Waals surface area contributed by atoms with E-state index in [0.29, 0.717) is 11.3 Å². The zero-order chi connectivity index (χ0) is 27.0. The van der Waals surface area contributed by atoms with Gasteiger partial charge in [-0.2, -0.15) is 13.5 Å². The molecule has 4 rings (SSSR count). The average molecular weight is 531 g/mol. The van der Waals surface area contributed by atoms with Crippen LogP contribution in [0.5, 0.6) is 5.88 Å². The number of benzene rings is 2. The van der Waals surface area contributed by atoms with Crippen LogP contribution in [0.15, 0.2) is 40.1 Å². The molecule has 0 amide bonds. The fourth-order valence-electron chi connectivity index (χ4n) is 4.65. The number of carbonyl (C=O) groups excluding carboxylic acids is 1. The van der Waals surface area contributed by atoms with E-state index in [0.717, 1.165) is 28.9 Å². The van der Waals surface area contributed by atoms with Crippen molar-refractivity contribution in [3.8, 4) is 5.88 Å². The summed E-state index contributed by atoms with van der Waals surface area (Å²) in [7, 11) is -2.57. The molecule has 0 aliphatic carbocycles. The van der Waals surface area contributed by atoms with Crippen molar-refractivity contribution in [3.63, 3.8) is 0 Å². The molecule has 36 heavy (non-hydrogen) atoms. The molecule has 0 saturated carbocycles. The van der Waals surface area contributed by atoms with Crippen LogP contribution in [-0.2, 0) is 22.6 Å². The van der Waals surface area contributed by atoms with Crippen LogP contribution in [0.3, 0.4) is 0 Å². The van der Waals surface area contributed by atoms with E-state index in [1.165, 1.54) is 27.3 Å². The number of carbonyl (C=O) groups is 1. The maximum Gasteiger partial charge on any atom is 0.340 e. The lowest BCUT2D eigenvalue weighted by molar-refractivity contribution is 0.103. The predicted molar refractivity (Wildman–Crippen MR) is 141 cm³/mol. The van der Waals surface area contributed by atoms with Gasteiger partial charge in [0.1, 0.15) is 10.5 Å². The predicted octanol–water partition coefficient (Wildman–Crippen LogP) is 5.49. The van der Waals surface area contributed by atoms with E-state index in [4.69, 9.17) is 14.1 Å². The molecule has 0 spiro atoms. The van der Waals surface area contributed by atoms with Crippen molar-refractivity contribution in [3.05, 3.63) is 79.3 Å². The molecule has 10 heteroatoms. The maximum absolute atomic E-state index is 13.9. The molecule has 0 fully saturated rings. The Balaban J connectivity index is 0.00000176. The van der Waals surface area contributed by atoms with Gasteiger partial charge in [0.05, 0.1) is 5.69 Å².